The molecular weight excluding hydrogens is 635 g/mol. The normalized spacial score (nSPS) is 15.3. The molecule has 0 saturated carbocycles. The topological polar surface area (TPSA) is 51.8 Å². The Kier molecular flexibility index (Phi) is 7.14. The van der Waals surface area contributed by atoms with Gasteiger partial charge in [0.15, 0.2) is 17.5 Å². The maximum atomic E-state index is 6.72. The van der Waals surface area contributed by atoms with E-state index >= 15 is 0 Å². The second-order valence-corrected chi connectivity index (χ2v) is 13.6. The van der Waals surface area contributed by atoms with Crippen LogP contribution in [0.4, 0.5) is 0 Å². The molecule has 2 atom stereocenters. The first-order chi connectivity index (χ1) is 25.7. The summed E-state index contributed by atoms with van der Waals surface area (Å²) < 4.78 is 6.72. The van der Waals surface area contributed by atoms with E-state index in [1.165, 1.54) is 32.7 Å². The molecule has 1 aliphatic carbocycles. The van der Waals surface area contributed by atoms with Crippen LogP contribution < -0.4 is 0 Å². The lowest BCUT2D eigenvalue weighted by Gasteiger charge is -2.25. The van der Waals surface area contributed by atoms with Crippen LogP contribution >= 0.6 is 0 Å². The number of benzene rings is 7. The first kappa shape index (κ1) is 30.2. The number of furan rings is 1. The lowest BCUT2D eigenvalue weighted by molar-refractivity contribution is 0.482. The second-order valence-electron chi connectivity index (χ2n) is 13.6. The highest BCUT2D eigenvalue weighted by molar-refractivity contribution is 6.01. The van der Waals surface area contributed by atoms with E-state index in [4.69, 9.17) is 19.4 Å². The summed E-state index contributed by atoms with van der Waals surface area (Å²) >= 11 is 0. The maximum absolute atomic E-state index is 6.72. The van der Waals surface area contributed by atoms with Gasteiger partial charge in [0.05, 0.1) is 0 Å². The summed E-state index contributed by atoms with van der Waals surface area (Å²) in [6.07, 6.45) is 4.58. The van der Waals surface area contributed by atoms with Crippen LogP contribution in [0.15, 0.2) is 168 Å². The molecule has 2 aromatic heterocycles. The molecule has 0 amide bonds. The minimum absolute atomic E-state index is 0.139. The van der Waals surface area contributed by atoms with E-state index in [0.717, 1.165) is 44.5 Å². The average molecular weight is 668 g/mol. The van der Waals surface area contributed by atoms with Gasteiger partial charge in [-0.2, -0.15) is 0 Å². The van der Waals surface area contributed by atoms with E-state index in [9.17, 15) is 0 Å². The van der Waals surface area contributed by atoms with Crippen molar-refractivity contribution in [2.75, 3.05) is 0 Å². The predicted molar refractivity (Wildman–Crippen MR) is 213 cm³/mol. The fourth-order valence-corrected chi connectivity index (χ4v) is 7.94. The summed E-state index contributed by atoms with van der Waals surface area (Å²) in [6, 6.07) is 55.0. The summed E-state index contributed by atoms with van der Waals surface area (Å²) in [6.45, 7) is 2.27. The van der Waals surface area contributed by atoms with E-state index in [0.29, 0.717) is 17.5 Å². The largest absolute Gasteiger partial charge is 0.460 e. The number of fused-ring (bicyclic) bond motifs is 5. The molecule has 52 heavy (non-hydrogen) atoms. The lowest BCUT2D eigenvalue weighted by atomic mass is 9.78. The molecule has 7 aromatic carbocycles. The number of rotatable bonds is 5. The Bertz CT molecular complexity index is 2810. The molecule has 246 valence electrons. The molecular formula is C48H33N3O. The first-order valence-electron chi connectivity index (χ1n) is 17.8. The Morgan fingerprint density at radius 1 is 0.481 bits per heavy atom. The van der Waals surface area contributed by atoms with E-state index in [1.807, 2.05) is 36.4 Å². The zero-order valence-electron chi connectivity index (χ0n) is 28.6. The van der Waals surface area contributed by atoms with Crippen LogP contribution in [0.2, 0.25) is 0 Å². The third-order valence-electron chi connectivity index (χ3n) is 10.5. The van der Waals surface area contributed by atoms with Crippen molar-refractivity contribution >= 4 is 38.6 Å². The number of allylic oxidation sites excluding steroid dienone is 1. The van der Waals surface area contributed by atoms with Gasteiger partial charge in [-0.3, -0.25) is 0 Å². The highest BCUT2D eigenvalue weighted by atomic mass is 16.3. The number of hydrogen-bond donors (Lipinski definition) is 0. The molecule has 1 aliphatic rings. The molecule has 4 nitrogen and oxygen atoms in total. The van der Waals surface area contributed by atoms with Gasteiger partial charge in [-0.1, -0.05) is 171 Å². The average Bonchev–Trinajstić information content (AvgIpc) is 3.61. The molecule has 0 N–H and O–H groups in total. The first-order valence-corrected chi connectivity index (χ1v) is 17.8. The molecule has 0 fully saturated rings. The molecule has 2 heterocycles. The Hall–Kier alpha value is -6.65. The van der Waals surface area contributed by atoms with Crippen molar-refractivity contribution < 1.29 is 4.42 Å². The quantitative estimate of drug-likeness (QED) is 0.183. The molecule has 0 aliphatic heterocycles. The minimum Gasteiger partial charge on any atom is -0.460 e. The van der Waals surface area contributed by atoms with Crippen molar-refractivity contribution in [3.8, 4) is 45.3 Å². The van der Waals surface area contributed by atoms with Gasteiger partial charge < -0.3 is 4.42 Å². The van der Waals surface area contributed by atoms with Crippen LogP contribution in [0.1, 0.15) is 35.6 Å². The van der Waals surface area contributed by atoms with E-state index in [1.54, 1.807) is 0 Å². The summed E-state index contributed by atoms with van der Waals surface area (Å²) in [5, 5.41) is 6.02. The van der Waals surface area contributed by atoms with Crippen molar-refractivity contribution in [2.24, 2.45) is 0 Å². The van der Waals surface area contributed by atoms with Gasteiger partial charge in [0.1, 0.15) is 11.3 Å². The third-order valence-corrected chi connectivity index (χ3v) is 10.5. The summed E-state index contributed by atoms with van der Waals surface area (Å²) in [5.74, 6) is 3.20. The third kappa shape index (κ3) is 5.03. The molecule has 2 unspecified atom stereocenters. The lowest BCUT2D eigenvalue weighted by Crippen LogP contribution is -2.10. The summed E-state index contributed by atoms with van der Waals surface area (Å²) in [5.41, 5.74) is 8.39. The Morgan fingerprint density at radius 3 is 1.85 bits per heavy atom. The molecule has 0 spiro atoms. The van der Waals surface area contributed by atoms with E-state index in [2.05, 4.69) is 140 Å². The van der Waals surface area contributed by atoms with Gasteiger partial charge in [0.25, 0.3) is 0 Å². The van der Waals surface area contributed by atoms with Crippen LogP contribution in [0, 0.1) is 0 Å². The van der Waals surface area contributed by atoms with Crippen molar-refractivity contribution in [2.45, 2.75) is 18.8 Å². The number of aromatic nitrogens is 3. The molecule has 0 bridgehead atoms. The second kappa shape index (κ2) is 12.3. The van der Waals surface area contributed by atoms with E-state index in [-0.39, 0.29) is 11.8 Å². The highest BCUT2D eigenvalue weighted by Gasteiger charge is 2.31. The molecule has 0 saturated heterocycles. The van der Waals surface area contributed by atoms with Crippen LogP contribution in [0.5, 0.6) is 0 Å². The monoisotopic (exact) mass is 667 g/mol. The Balaban J connectivity index is 1.09. The van der Waals surface area contributed by atoms with Crippen LogP contribution in [0.3, 0.4) is 0 Å². The van der Waals surface area contributed by atoms with Gasteiger partial charge in [0, 0.05) is 39.5 Å². The number of hydrogen-bond acceptors (Lipinski definition) is 4. The highest BCUT2D eigenvalue weighted by Crippen LogP contribution is 2.47. The van der Waals surface area contributed by atoms with Gasteiger partial charge in [-0.05, 0) is 44.3 Å². The SMILES string of the molecule is CC1c2oc3cccc(-c4nc(-c5ccccc5)nc(-c5ccc(-c6cccc7ccccc67)cc5)n4)c3c2C=CC1c1cccc2ccccc12. The zero-order chi connectivity index (χ0) is 34.6. The molecule has 10 rings (SSSR count). The van der Waals surface area contributed by atoms with E-state index < -0.39 is 0 Å². The van der Waals surface area contributed by atoms with Crippen LogP contribution in [-0.4, -0.2) is 15.0 Å². The Morgan fingerprint density at radius 2 is 1.06 bits per heavy atom. The smallest absolute Gasteiger partial charge is 0.164 e. The molecule has 9 aromatic rings. The fourth-order valence-electron chi connectivity index (χ4n) is 7.94. The van der Waals surface area contributed by atoms with Gasteiger partial charge >= 0.3 is 0 Å². The van der Waals surface area contributed by atoms with Crippen molar-refractivity contribution in [1.29, 1.82) is 0 Å². The van der Waals surface area contributed by atoms with Gasteiger partial charge in [-0.25, -0.2) is 15.0 Å². The zero-order valence-corrected chi connectivity index (χ0v) is 28.6. The van der Waals surface area contributed by atoms with Crippen LogP contribution in [0.25, 0.3) is 83.9 Å². The van der Waals surface area contributed by atoms with Gasteiger partial charge in [0.2, 0.25) is 0 Å². The summed E-state index contributed by atoms with van der Waals surface area (Å²) in [7, 11) is 0. The standard InChI is InChI=1S/C48H33N3O/c1-30-36(40-21-10-17-32-13-6-8-19-39(32)40)28-29-41-44-42(22-11-23-43(44)52-45(30)41)48-50-46(34-14-3-2-4-15-34)49-47(51-48)35-26-24-33(25-27-35)38-20-9-16-31-12-5-7-18-37(31)38/h2-30,36H,1H3. The summed E-state index contributed by atoms with van der Waals surface area (Å²) in [4.78, 5) is 15.3. The number of nitrogens with zero attached hydrogens (tertiary/aromatic N) is 3. The molecule has 4 heteroatoms. The molecule has 0 radical (unpaired) electrons. The predicted octanol–water partition coefficient (Wildman–Crippen LogP) is 12.5. The Labute approximate surface area is 301 Å². The van der Waals surface area contributed by atoms with Crippen molar-refractivity contribution in [1.82, 2.24) is 15.0 Å². The fraction of sp³-hybridized carbons (Fsp3) is 0.0625. The van der Waals surface area contributed by atoms with Crippen molar-refractivity contribution in [3.63, 3.8) is 0 Å². The van der Waals surface area contributed by atoms with Crippen molar-refractivity contribution in [3.05, 3.63) is 181 Å². The van der Waals surface area contributed by atoms with Crippen LogP contribution in [-0.2, 0) is 0 Å². The maximum Gasteiger partial charge on any atom is 0.164 e. The minimum atomic E-state index is 0.139. The van der Waals surface area contributed by atoms with Gasteiger partial charge in [-0.15, -0.1) is 0 Å².